The van der Waals surface area contributed by atoms with Crippen molar-refractivity contribution in [3.8, 4) is 0 Å². The molecular weight excluding hydrogens is 230 g/mol. The van der Waals surface area contributed by atoms with Crippen LogP contribution in [0.15, 0.2) is 18.2 Å². The summed E-state index contributed by atoms with van der Waals surface area (Å²) in [5.74, 6) is 1.53. The number of rotatable bonds is 2. The van der Waals surface area contributed by atoms with E-state index in [1.54, 1.807) is 0 Å². The molecule has 1 nitrogen and oxygen atoms in total. The van der Waals surface area contributed by atoms with Crippen LogP contribution in [0.4, 0.5) is 0 Å². The minimum absolute atomic E-state index is 0.179. The van der Waals surface area contributed by atoms with Gasteiger partial charge in [-0.3, -0.25) is 0 Å². The summed E-state index contributed by atoms with van der Waals surface area (Å²) in [4.78, 5) is 0. The first-order valence-electron chi connectivity index (χ1n) is 6.59. The number of halogens is 1. The van der Waals surface area contributed by atoms with Crippen LogP contribution in [0.25, 0.3) is 0 Å². The second kappa shape index (κ2) is 5.41. The molecule has 2 rings (SSSR count). The summed E-state index contributed by atoms with van der Waals surface area (Å²) in [6, 6.07) is 6.37. The SMILES string of the molecule is Cc1cc(C(N)C2CCC(C)CC2)ccc1Cl. The summed E-state index contributed by atoms with van der Waals surface area (Å²) >= 11 is 6.05. The van der Waals surface area contributed by atoms with Crippen molar-refractivity contribution in [3.63, 3.8) is 0 Å². The van der Waals surface area contributed by atoms with E-state index in [4.69, 9.17) is 17.3 Å². The van der Waals surface area contributed by atoms with Crippen molar-refractivity contribution in [2.24, 2.45) is 17.6 Å². The number of hydrogen-bond donors (Lipinski definition) is 1. The van der Waals surface area contributed by atoms with Gasteiger partial charge < -0.3 is 5.73 Å². The van der Waals surface area contributed by atoms with Crippen molar-refractivity contribution < 1.29 is 0 Å². The fraction of sp³-hybridized carbons (Fsp3) is 0.600. The van der Waals surface area contributed by atoms with Gasteiger partial charge in [-0.2, -0.15) is 0 Å². The molecular formula is C15H22ClN. The third-order valence-electron chi connectivity index (χ3n) is 4.14. The predicted octanol–water partition coefficient (Wildman–Crippen LogP) is 4.47. The molecule has 1 fully saturated rings. The number of benzene rings is 1. The van der Waals surface area contributed by atoms with E-state index < -0.39 is 0 Å². The van der Waals surface area contributed by atoms with Gasteiger partial charge in [-0.25, -0.2) is 0 Å². The molecule has 94 valence electrons. The first kappa shape index (κ1) is 12.9. The van der Waals surface area contributed by atoms with Gasteiger partial charge in [0, 0.05) is 11.1 Å². The van der Waals surface area contributed by atoms with E-state index in [0.29, 0.717) is 5.92 Å². The van der Waals surface area contributed by atoms with Gasteiger partial charge in [0.1, 0.15) is 0 Å². The Hall–Kier alpha value is -0.530. The highest BCUT2D eigenvalue weighted by Gasteiger charge is 2.24. The van der Waals surface area contributed by atoms with Gasteiger partial charge in [0.25, 0.3) is 0 Å². The normalized spacial score (nSPS) is 26.8. The summed E-state index contributed by atoms with van der Waals surface area (Å²) in [5.41, 5.74) is 8.76. The van der Waals surface area contributed by atoms with Crippen LogP contribution in [0.2, 0.25) is 5.02 Å². The van der Waals surface area contributed by atoms with E-state index in [-0.39, 0.29) is 6.04 Å². The molecule has 1 aliphatic rings. The molecule has 1 aromatic rings. The third kappa shape index (κ3) is 3.02. The maximum absolute atomic E-state index is 6.39. The monoisotopic (exact) mass is 251 g/mol. The van der Waals surface area contributed by atoms with E-state index in [9.17, 15) is 0 Å². The van der Waals surface area contributed by atoms with Crippen molar-refractivity contribution in [1.29, 1.82) is 0 Å². The first-order valence-corrected chi connectivity index (χ1v) is 6.97. The highest BCUT2D eigenvalue weighted by Crippen LogP contribution is 2.36. The van der Waals surface area contributed by atoms with Gasteiger partial charge in [0.2, 0.25) is 0 Å². The van der Waals surface area contributed by atoms with Crippen LogP contribution in [-0.2, 0) is 0 Å². The van der Waals surface area contributed by atoms with Crippen LogP contribution < -0.4 is 5.73 Å². The number of hydrogen-bond acceptors (Lipinski definition) is 1. The molecule has 1 atom stereocenters. The Morgan fingerprint density at radius 1 is 1.24 bits per heavy atom. The highest BCUT2D eigenvalue weighted by molar-refractivity contribution is 6.31. The summed E-state index contributed by atoms with van der Waals surface area (Å²) in [6.07, 6.45) is 5.18. The lowest BCUT2D eigenvalue weighted by Gasteiger charge is -2.31. The molecule has 1 saturated carbocycles. The maximum atomic E-state index is 6.39. The van der Waals surface area contributed by atoms with Gasteiger partial charge in [0.05, 0.1) is 0 Å². The third-order valence-corrected chi connectivity index (χ3v) is 4.56. The van der Waals surface area contributed by atoms with Crippen LogP contribution in [-0.4, -0.2) is 0 Å². The van der Waals surface area contributed by atoms with Crippen LogP contribution in [0, 0.1) is 18.8 Å². The summed E-state index contributed by atoms with van der Waals surface area (Å²) < 4.78 is 0. The summed E-state index contributed by atoms with van der Waals surface area (Å²) in [6.45, 7) is 4.38. The molecule has 0 bridgehead atoms. The number of aryl methyl sites for hydroxylation is 1. The molecule has 1 unspecified atom stereocenters. The van der Waals surface area contributed by atoms with Crippen LogP contribution in [0.3, 0.4) is 0 Å². The van der Waals surface area contributed by atoms with Gasteiger partial charge >= 0.3 is 0 Å². The van der Waals surface area contributed by atoms with Crippen molar-refractivity contribution in [2.75, 3.05) is 0 Å². The molecule has 2 N–H and O–H groups in total. The van der Waals surface area contributed by atoms with E-state index in [0.717, 1.165) is 16.5 Å². The molecule has 0 aliphatic heterocycles. The van der Waals surface area contributed by atoms with Crippen LogP contribution in [0.1, 0.15) is 49.8 Å². The van der Waals surface area contributed by atoms with Crippen molar-refractivity contribution in [3.05, 3.63) is 34.3 Å². The molecule has 0 aromatic heterocycles. The summed E-state index contributed by atoms with van der Waals surface area (Å²) in [5, 5.41) is 0.832. The Bertz CT molecular complexity index is 381. The van der Waals surface area contributed by atoms with Gasteiger partial charge in [-0.1, -0.05) is 43.5 Å². The second-order valence-corrected chi connectivity index (χ2v) is 5.96. The quantitative estimate of drug-likeness (QED) is 0.824. The smallest absolute Gasteiger partial charge is 0.0435 e. The Balaban J connectivity index is 2.08. The standard InChI is InChI=1S/C15H22ClN/c1-10-3-5-12(6-4-10)15(17)13-7-8-14(16)11(2)9-13/h7-10,12,15H,3-6,17H2,1-2H3. The average molecular weight is 252 g/mol. The number of nitrogens with two attached hydrogens (primary N) is 1. The molecule has 2 heteroatoms. The van der Waals surface area contributed by atoms with Crippen LogP contribution in [0.5, 0.6) is 0 Å². The van der Waals surface area contributed by atoms with Gasteiger partial charge in [-0.15, -0.1) is 0 Å². The fourth-order valence-corrected chi connectivity index (χ4v) is 2.91. The van der Waals surface area contributed by atoms with Gasteiger partial charge in [0.15, 0.2) is 0 Å². The first-order chi connectivity index (χ1) is 8.08. The largest absolute Gasteiger partial charge is 0.324 e. The molecule has 0 spiro atoms. The second-order valence-electron chi connectivity index (χ2n) is 5.55. The van der Waals surface area contributed by atoms with E-state index in [1.165, 1.54) is 31.2 Å². The van der Waals surface area contributed by atoms with Crippen molar-refractivity contribution in [2.45, 2.75) is 45.6 Å². The molecule has 0 radical (unpaired) electrons. The molecule has 0 saturated heterocycles. The van der Waals surface area contributed by atoms with Gasteiger partial charge in [-0.05, 0) is 48.8 Å². The van der Waals surface area contributed by atoms with Crippen LogP contribution >= 0.6 is 11.6 Å². The van der Waals surface area contributed by atoms with Crippen molar-refractivity contribution in [1.82, 2.24) is 0 Å². The Kier molecular flexibility index (Phi) is 4.11. The zero-order valence-electron chi connectivity index (χ0n) is 10.7. The maximum Gasteiger partial charge on any atom is 0.0435 e. The molecule has 0 heterocycles. The lowest BCUT2D eigenvalue weighted by molar-refractivity contribution is 0.256. The lowest BCUT2D eigenvalue weighted by Crippen LogP contribution is -2.25. The predicted molar refractivity (Wildman–Crippen MR) is 74.2 cm³/mol. The highest BCUT2D eigenvalue weighted by atomic mass is 35.5. The molecule has 1 aliphatic carbocycles. The minimum Gasteiger partial charge on any atom is -0.324 e. The molecule has 1 aromatic carbocycles. The summed E-state index contributed by atoms with van der Waals surface area (Å²) in [7, 11) is 0. The Labute approximate surface area is 109 Å². The Morgan fingerprint density at radius 3 is 2.47 bits per heavy atom. The molecule has 17 heavy (non-hydrogen) atoms. The zero-order chi connectivity index (χ0) is 12.4. The van der Waals surface area contributed by atoms with E-state index >= 15 is 0 Å². The van der Waals surface area contributed by atoms with Crippen molar-refractivity contribution >= 4 is 11.6 Å². The molecule has 0 amide bonds. The van der Waals surface area contributed by atoms with E-state index in [2.05, 4.69) is 19.1 Å². The average Bonchev–Trinajstić information content (AvgIpc) is 2.33. The lowest BCUT2D eigenvalue weighted by atomic mass is 9.77. The topological polar surface area (TPSA) is 26.0 Å². The minimum atomic E-state index is 0.179. The van der Waals surface area contributed by atoms with E-state index in [1.807, 2.05) is 13.0 Å². The zero-order valence-corrected chi connectivity index (χ0v) is 11.5. The fourth-order valence-electron chi connectivity index (χ4n) is 2.79. The Morgan fingerprint density at radius 2 is 1.88 bits per heavy atom.